The minimum Gasteiger partial charge on any atom is -0.444 e. The molecule has 0 bridgehead atoms. The largest absolute Gasteiger partial charge is 0.444 e. The van der Waals surface area contributed by atoms with E-state index in [-0.39, 0.29) is 42.1 Å². The molecule has 12 heteroatoms. The molecule has 5 atom stereocenters. The van der Waals surface area contributed by atoms with Crippen molar-refractivity contribution in [2.75, 3.05) is 19.0 Å². The summed E-state index contributed by atoms with van der Waals surface area (Å²) in [5.41, 5.74) is -0.993. The van der Waals surface area contributed by atoms with Gasteiger partial charge in [0.15, 0.2) is 11.3 Å². The van der Waals surface area contributed by atoms with Gasteiger partial charge in [-0.25, -0.2) is 9.59 Å². The molecule has 1 saturated heterocycles. The molecule has 1 aliphatic carbocycles. The third-order valence-corrected chi connectivity index (χ3v) is 17.1. The van der Waals surface area contributed by atoms with Crippen LogP contribution in [0, 0.1) is 17.8 Å². The minimum atomic E-state index is -2.70. The molecule has 2 aromatic carbocycles. The van der Waals surface area contributed by atoms with Crippen molar-refractivity contribution in [3.05, 3.63) is 71.8 Å². The van der Waals surface area contributed by atoms with E-state index in [9.17, 15) is 14.7 Å². The molecule has 1 heterocycles. The van der Waals surface area contributed by atoms with Gasteiger partial charge in [-0.3, -0.25) is 19.4 Å². The van der Waals surface area contributed by atoms with Gasteiger partial charge in [-0.1, -0.05) is 102 Å². The number of ketones is 1. The van der Waals surface area contributed by atoms with Crippen LogP contribution >= 0.6 is 11.6 Å². The lowest BCUT2D eigenvalue weighted by molar-refractivity contribution is -0.146. The molecule has 0 aromatic heterocycles. The molecule has 2 aliphatic rings. The topological polar surface area (TPSA) is 125 Å². The van der Waals surface area contributed by atoms with Gasteiger partial charge in [0, 0.05) is 43.3 Å². The van der Waals surface area contributed by atoms with Crippen LogP contribution in [0.1, 0.15) is 73.4 Å². The number of urea groups is 1. The van der Waals surface area contributed by atoms with Gasteiger partial charge in [-0.05, 0) is 48.5 Å². The first-order valence-corrected chi connectivity index (χ1v) is 20.7. The Kier molecular flexibility index (Phi) is 12.9. The molecule has 1 spiro atoms. The van der Waals surface area contributed by atoms with Crippen LogP contribution in [0.3, 0.4) is 0 Å². The molecule has 0 unspecified atom stereocenters. The monoisotopic (exact) mass is 741 g/mol. The predicted molar refractivity (Wildman–Crippen MR) is 201 cm³/mol. The Morgan fingerprint density at radius 3 is 1.86 bits per heavy atom. The van der Waals surface area contributed by atoms with Gasteiger partial charge in [0.05, 0.1) is 12.6 Å². The Hall–Kier alpha value is -3.25. The number of alkyl carbamates (subject to hydrolysis) is 1. The fourth-order valence-corrected chi connectivity index (χ4v) is 14.7. The highest BCUT2D eigenvalue weighted by molar-refractivity contribution is 6.77. The number of benzene rings is 2. The van der Waals surface area contributed by atoms with E-state index >= 15 is 9.59 Å². The van der Waals surface area contributed by atoms with Crippen molar-refractivity contribution in [3.8, 4) is 0 Å². The molecule has 4 amide bonds. The van der Waals surface area contributed by atoms with Crippen molar-refractivity contribution in [1.82, 2.24) is 15.1 Å². The molecule has 2 aromatic rings. The number of rotatable bonds is 14. The smallest absolute Gasteiger partial charge is 0.407 e. The maximum atomic E-state index is 15.3. The number of hydrogen-bond donors (Lipinski definition) is 2. The molecule has 4 rings (SSSR count). The maximum absolute atomic E-state index is 15.3. The second-order valence-electron chi connectivity index (χ2n) is 15.9. The first-order chi connectivity index (χ1) is 24.0. The number of amides is 4. The highest BCUT2D eigenvalue weighted by Crippen LogP contribution is 2.54. The Bertz CT molecular complexity index is 1510. The molecular formula is C39H56ClN3O7Si. The lowest BCUT2D eigenvalue weighted by atomic mass is 9.77. The van der Waals surface area contributed by atoms with E-state index in [1.54, 1.807) is 20.8 Å². The van der Waals surface area contributed by atoms with E-state index in [4.69, 9.17) is 20.8 Å². The van der Waals surface area contributed by atoms with E-state index in [1.807, 2.05) is 60.7 Å². The second-order valence-corrected chi connectivity index (χ2v) is 21.6. The van der Waals surface area contributed by atoms with Crippen molar-refractivity contribution < 1.29 is 33.4 Å². The van der Waals surface area contributed by atoms with E-state index in [1.165, 1.54) is 4.90 Å². The van der Waals surface area contributed by atoms with Crippen molar-refractivity contribution in [1.29, 1.82) is 0 Å². The maximum Gasteiger partial charge on any atom is 0.407 e. The lowest BCUT2D eigenvalue weighted by Gasteiger charge is -2.48. The van der Waals surface area contributed by atoms with Crippen LogP contribution in [0.25, 0.3) is 0 Å². The summed E-state index contributed by atoms with van der Waals surface area (Å²) in [5, 5.41) is 13.9. The summed E-state index contributed by atoms with van der Waals surface area (Å²) >= 11 is 6.89. The summed E-state index contributed by atoms with van der Waals surface area (Å²) in [4.78, 5) is 60.7. The summed E-state index contributed by atoms with van der Waals surface area (Å²) in [5.74, 6) is -4.28. The Morgan fingerprint density at radius 2 is 1.41 bits per heavy atom. The molecule has 1 aliphatic heterocycles. The summed E-state index contributed by atoms with van der Waals surface area (Å²) < 4.78 is 12.8. The van der Waals surface area contributed by atoms with Crippen LogP contribution in [-0.2, 0) is 31.8 Å². The highest BCUT2D eigenvalue weighted by atomic mass is 35.5. The number of ether oxygens (including phenoxy) is 1. The fourth-order valence-electron chi connectivity index (χ4n) is 8.74. The van der Waals surface area contributed by atoms with Crippen molar-refractivity contribution in [2.45, 2.75) is 109 Å². The number of nitrogens with zero attached hydrogens (tertiary/aromatic N) is 2. The van der Waals surface area contributed by atoms with Gasteiger partial charge in [0.1, 0.15) is 5.60 Å². The third-order valence-electron chi connectivity index (χ3n) is 10.7. The van der Waals surface area contributed by atoms with Crippen LogP contribution in [-0.4, -0.2) is 83.3 Å². The second kappa shape index (κ2) is 16.2. The van der Waals surface area contributed by atoms with Crippen LogP contribution in [0.2, 0.25) is 16.6 Å². The van der Waals surface area contributed by atoms with Gasteiger partial charge in [-0.15, -0.1) is 11.6 Å². The number of nitrogens with one attached hydrogen (secondary N) is 1. The molecule has 51 heavy (non-hydrogen) atoms. The molecule has 280 valence electrons. The van der Waals surface area contributed by atoms with E-state index in [0.717, 1.165) is 16.0 Å². The number of hydrogen-bond acceptors (Lipinski definition) is 7. The zero-order valence-corrected chi connectivity index (χ0v) is 33.3. The zero-order valence-electron chi connectivity index (χ0n) is 31.5. The number of carbonyl (C=O) groups excluding carboxylic acids is 4. The first kappa shape index (κ1) is 40.5. The summed E-state index contributed by atoms with van der Waals surface area (Å²) in [6.07, 6.45) is -1.62. The number of imide groups is 1. The zero-order chi connectivity index (χ0) is 37.9. The SMILES string of the molecule is CC(C)[Si](O[C@@H](CCl)[C@H]1[C@H](CO)[C@H](CNC(=O)OC(C)(C)C)C(=O)[C@]12C(=O)N(Cc1ccccc1)C(=O)N2Cc1ccccc1)(C(C)C)C(C)C. The van der Waals surface area contributed by atoms with E-state index < -0.39 is 73.7 Å². The summed E-state index contributed by atoms with van der Waals surface area (Å²) in [7, 11) is -2.70. The normalized spacial score (nSPS) is 23.3. The number of aliphatic hydroxyl groups excluding tert-OH is 1. The van der Waals surface area contributed by atoms with E-state index in [0.29, 0.717) is 0 Å². The molecule has 0 radical (unpaired) electrons. The highest BCUT2D eigenvalue weighted by Gasteiger charge is 2.74. The number of halogens is 1. The number of carbonyl (C=O) groups is 4. The molecule has 1 saturated carbocycles. The molecular weight excluding hydrogens is 686 g/mol. The molecule has 2 N–H and O–H groups in total. The average Bonchev–Trinajstić information content (AvgIpc) is 3.42. The Balaban J connectivity index is 1.96. The minimum absolute atomic E-state index is 0.0422. The van der Waals surface area contributed by atoms with Gasteiger partial charge in [0.2, 0.25) is 8.32 Å². The van der Waals surface area contributed by atoms with Gasteiger partial charge >= 0.3 is 12.1 Å². The summed E-state index contributed by atoms with van der Waals surface area (Å²) in [6.45, 7) is 17.2. The Labute approximate surface area is 309 Å². The van der Waals surface area contributed by atoms with E-state index in [2.05, 4.69) is 46.9 Å². The first-order valence-electron chi connectivity index (χ1n) is 18.0. The van der Waals surface area contributed by atoms with Gasteiger partial charge in [0.25, 0.3) is 5.91 Å². The standard InChI is InChI=1S/C39H56ClN3O7Si/c1-25(2)51(26(3)4,27(5)6)50-32(20-40)33-31(24-44)30(21-41-36(47)49-38(7,8)9)34(45)39(33)35(46)42(22-28-16-12-10-13-17-28)37(48)43(39)23-29-18-14-11-15-19-29/h10-19,25-27,30-33,44H,20-24H2,1-9H3,(H,41,47)/t30-,31+,32-,33+,39-/m0/s1. The average molecular weight is 742 g/mol. The number of alkyl halides is 1. The quantitative estimate of drug-likeness (QED) is 0.0913. The fraction of sp³-hybridized carbons (Fsp3) is 0.590. The molecule has 2 fully saturated rings. The predicted octanol–water partition coefficient (Wildman–Crippen LogP) is 7.14. The number of aliphatic hydroxyl groups is 1. The van der Waals surface area contributed by atoms with Crippen LogP contribution < -0.4 is 5.32 Å². The van der Waals surface area contributed by atoms with Crippen LogP contribution in [0.5, 0.6) is 0 Å². The van der Waals surface area contributed by atoms with Gasteiger partial charge in [-0.2, -0.15) is 0 Å². The lowest BCUT2D eigenvalue weighted by Crippen LogP contribution is -2.63. The van der Waals surface area contributed by atoms with Crippen LogP contribution in [0.4, 0.5) is 9.59 Å². The van der Waals surface area contributed by atoms with Crippen molar-refractivity contribution in [2.24, 2.45) is 17.8 Å². The van der Waals surface area contributed by atoms with Crippen LogP contribution in [0.15, 0.2) is 60.7 Å². The van der Waals surface area contributed by atoms with Crippen molar-refractivity contribution >= 4 is 43.7 Å². The third kappa shape index (κ3) is 7.77. The number of Topliss-reactive ketones (excluding diaryl/α,β-unsaturated/α-hetero) is 1. The molecule has 10 nitrogen and oxygen atoms in total. The Morgan fingerprint density at radius 1 is 0.902 bits per heavy atom. The van der Waals surface area contributed by atoms with Gasteiger partial charge < -0.3 is 19.6 Å². The summed E-state index contributed by atoms with van der Waals surface area (Å²) in [6, 6.07) is 17.7. The van der Waals surface area contributed by atoms with Crippen molar-refractivity contribution in [3.63, 3.8) is 0 Å².